The highest BCUT2D eigenvalue weighted by molar-refractivity contribution is 7.88. The molecule has 194 valence electrons. The van der Waals surface area contributed by atoms with Crippen molar-refractivity contribution in [1.82, 2.24) is 19.2 Å². The molecule has 0 saturated heterocycles. The summed E-state index contributed by atoms with van der Waals surface area (Å²) >= 11 is 0. The molecule has 0 atom stereocenters. The number of fused-ring (bicyclic) bond motifs is 3. The van der Waals surface area contributed by atoms with Crippen LogP contribution in [0.2, 0.25) is 25.7 Å². The first-order valence-corrected chi connectivity index (χ1v) is 18.0. The summed E-state index contributed by atoms with van der Waals surface area (Å²) in [6, 6.07) is 3.45. The molecular formula is C24H39N5O4SSi. The summed E-state index contributed by atoms with van der Waals surface area (Å²) in [4.78, 5) is 19.6. The second-order valence-electron chi connectivity index (χ2n) is 11.2. The van der Waals surface area contributed by atoms with Crippen molar-refractivity contribution in [3.8, 4) is 0 Å². The summed E-state index contributed by atoms with van der Waals surface area (Å²) in [6.45, 7) is 9.25. The van der Waals surface area contributed by atoms with E-state index in [0.717, 1.165) is 55.1 Å². The Bertz CT molecular complexity index is 1170. The minimum atomic E-state index is -3.16. The molecule has 0 bridgehead atoms. The molecule has 0 unspecified atom stereocenters. The van der Waals surface area contributed by atoms with Crippen molar-refractivity contribution < 1.29 is 17.9 Å². The number of hydrogen-bond donors (Lipinski definition) is 1. The van der Waals surface area contributed by atoms with Crippen molar-refractivity contribution in [3.63, 3.8) is 0 Å². The fourth-order valence-corrected chi connectivity index (χ4v) is 6.27. The normalized spacial score (nSPS) is 21.4. The molecule has 35 heavy (non-hydrogen) atoms. The maximum atomic E-state index is 12.7. The summed E-state index contributed by atoms with van der Waals surface area (Å²) in [5, 5.41) is 3.99. The summed E-state index contributed by atoms with van der Waals surface area (Å²) < 4.78 is 33.0. The smallest absolute Gasteiger partial charge is 0.256 e. The van der Waals surface area contributed by atoms with Crippen molar-refractivity contribution in [2.45, 2.75) is 64.1 Å². The summed E-state index contributed by atoms with van der Waals surface area (Å²) in [5.74, 6) is 0.268. The largest absolute Gasteiger partial charge is 0.361 e. The highest BCUT2D eigenvalue weighted by Crippen LogP contribution is 2.37. The van der Waals surface area contributed by atoms with Gasteiger partial charge in [-0.15, -0.1) is 0 Å². The van der Waals surface area contributed by atoms with Crippen molar-refractivity contribution in [2.24, 2.45) is 5.92 Å². The number of anilines is 1. The van der Waals surface area contributed by atoms with Crippen LogP contribution in [0.5, 0.6) is 0 Å². The number of pyridine rings is 1. The molecule has 1 fully saturated rings. The zero-order valence-corrected chi connectivity index (χ0v) is 23.4. The van der Waals surface area contributed by atoms with E-state index < -0.39 is 18.1 Å². The fraction of sp³-hybridized carbons (Fsp3) is 0.667. The Morgan fingerprint density at radius 1 is 1.23 bits per heavy atom. The highest BCUT2D eigenvalue weighted by Gasteiger charge is 2.34. The van der Waals surface area contributed by atoms with Crippen LogP contribution in [-0.2, 0) is 21.5 Å². The van der Waals surface area contributed by atoms with Crippen LogP contribution in [0.15, 0.2) is 18.5 Å². The quantitative estimate of drug-likeness (QED) is 0.402. The number of carbonyl (C=O) groups is 1. The Hall–Kier alpha value is -1.95. The number of rotatable bonds is 9. The molecule has 2 aromatic rings. The number of aromatic nitrogens is 2. The van der Waals surface area contributed by atoms with E-state index in [4.69, 9.17) is 4.74 Å². The number of nitrogens with one attached hydrogen (secondary N) is 1. The lowest BCUT2D eigenvalue weighted by molar-refractivity contribution is 0.0899. The summed E-state index contributed by atoms with van der Waals surface area (Å²) in [6.07, 6.45) is 8.78. The average Bonchev–Trinajstić information content (AvgIpc) is 3.20. The third-order valence-electron chi connectivity index (χ3n) is 7.27. The lowest BCUT2D eigenvalue weighted by Crippen LogP contribution is -2.50. The Labute approximate surface area is 209 Å². The fourth-order valence-electron chi connectivity index (χ4n) is 5.03. The third-order valence-corrected chi connectivity index (χ3v) is 10.3. The molecule has 3 heterocycles. The van der Waals surface area contributed by atoms with Gasteiger partial charge in [-0.2, -0.15) is 0 Å². The van der Waals surface area contributed by atoms with Gasteiger partial charge in [-0.1, -0.05) is 19.6 Å². The minimum Gasteiger partial charge on any atom is -0.361 e. The van der Waals surface area contributed by atoms with Gasteiger partial charge in [0.1, 0.15) is 12.4 Å². The van der Waals surface area contributed by atoms with E-state index in [1.807, 2.05) is 16.8 Å². The lowest BCUT2D eigenvalue weighted by Gasteiger charge is -2.41. The number of nitrogens with zero attached hydrogens (tertiary/aromatic N) is 4. The second kappa shape index (κ2) is 10.2. The van der Waals surface area contributed by atoms with Crippen LogP contribution < -0.4 is 10.2 Å². The Morgan fingerprint density at radius 2 is 1.94 bits per heavy atom. The van der Waals surface area contributed by atoms with Crippen LogP contribution in [0.1, 0.15) is 36.0 Å². The van der Waals surface area contributed by atoms with Gasteiger partial charge in [-0.05, 0) is 43.7 Å². The molecule has 1 aliphatic heterocycles. The standard InChI is InChI=1S/C24H39N5O4SSi/c1-27(34(2,31)32)15-18-6-8-19(9-7-18)29-16-26-24(30)21-14-25-23-20(22(21)29)10-11-28(23)17-33-12-13-35(3,4)5/h10-11,14,18-19H,6-9,12-13,15-17H2,1-5H3,(H,26,30)/t18-,19-. The number of ether oxygens (including phenoxy) is 1. The zero-order chi connectivity index (χ0) is 25.4. The van der Waals surface area contributed by atoms with Crippen LogP contribution in [0.3, 0.4) is 0 Å². The van der Waals surface area contributed by atoms with E-state index >= 15 is 0 Å². The number of amides is 1. The number of carbonyl (C=O) groups excluding carboxylic acids is 1. The van der Waals surface area contributed by atoms with Crippen molar-refractivity contribution in [1.29, 1.82) is 0 Å². The van der Waals surface area contributed by atoms with Crippen LogP contribution >= 0.6 is 0 Å². The molecule has 0 radical (unpaired) electrons. The van der Waals surface area contributed by atoms with Crippen molar-refractivity contribution in [3.05, 3.63) is 24.0 Å². The first-order valence-electron chi connectivity index (χ1n) is 12.5. The predicted octanol–water partition coefficient (Wildman–Crippen LogP) is 3.31. The first-order chi connectivity index (χ1) is 16.4. The van der Waals surface area contributed by atoms with Gasteiger partial charge in [-0.25, -0.2) is 17.7 Å². The van der Waals surface area contributed by atoms with Gasteiger partial charge in [-0.3, -0.25) is 4.79 Å². The maximum absolute atomic E-state index is 12.7. The monoisotopic (exact) mass is 521 g/mol. The van der Waals surface area contributed by atoms with Gasteiger partial charge in [0.05, 0.1) is 24.2 Å². The zero-order valence-electron chi connectivity index (χ0n) is 21.6. The van der Waals surface area contributed by atoms with Gasteiger partial charge in [0.2, 0.25) is 10.0 Å². The Morgan fingerprint density at radius 3 is 2.60 bits per heavy atom. The molecule has 11 heteroatoms. The summed E-state index contributed by atoms with van der Waals surface area (Å²) in [5.41, 5.74) is 2.40. The van der Waals surface area contributed by atoms with E-state index in [2.05, 4.69) is 34.8 Å². The molecule has 1 saturated carbocycles. The van der Waals surface area contributed by atoms with E-state index in [0.29, 0.717) is 31.4 Å². The minimum absolute atomic E-state index is 0.0896. The molecule has 2 aliphatic rings. The molecular weight excluding hydrogens is 482 g/mol. The van der Waals surface area contributed by atoms with Crippen LogP contribution in [0, 0.1) is 5.92 Å². The molecule has 0 spiro atoms. The second-order valence-corrected chi connectivity index (χ2v) is 19.0. The topological polar surface area (TPSA) is 96.8 Å². The Kier molecular flexibility index (Phi) is 7.61. The van der Waals surface area contributed by atoms with Crippen LogP contribution in [0.4, 0.5) is 5.69 Å². The SMILES string of the molecule is CN(C[C@H]1CC[C@H](N2CNC(=O)c3cnc4c(ccn4COCC[Si](C)(C)C)c32)CC1)S(C)(=O)=O. The molecule has 2 aromatic heterocycles. The molecule has 1 amide bonds. The molecule has 1 N–H and O–H groups in total. The summed E-state index contributed by atoms with van der Waals surface area (Å²) in [7, 11) is -2.65. The first kappa shape index (κ1) is 26.1. The van der Waals surface area contributed by atoms with Crippen molar-refractivity contribution >= 4 is 40.7 Å². The van der Waals surface area contributed by atoms with Gasteiger partial charge >= 0.3 is 0 Å². The average molecular weight is 522 g/mol. The predicted molar refractivity (Wildman–Crippen MR) is 142 cm³/mol. The Balaban J connectivity index is 1.50. The van der Waals surface area contributed by atoms with E-state index in [1.165, 1.54) is 10.6 Å². The molecule has 4 rings (SSSR count). The van der Waals surface area contributed by atoms with E-state index in [-0.39, 0.29) is 11.9 Å². The van der Waals surface area contributed by atoms with E-state index in [9.17, 15) is 13.2 Å². The highest BCUT2D eigenvalue weighted by atomic mass is 32.2. The molecule has 0 aromatic carbocycles. The van der Waals surface area contributed by atoms with Crippen LogP contribution in [0.25, 0.3) is 11.0 Å². The van der Waals surface area contributed by atoms with Crippen LogP contribution in [-0.4, -0.2) is 75.4 Å². The number of hydrogen-bond acceptors (Lipinski definition) is 6. The van der Waals surface area contributed by atoms with Gasteiger partial charge in [0.15, 0.2) is 0 Å². The third kappa shape index (κ3) is 6.07. The maximum Gasteiger partial charge on any atom is 0.256 e. The molecule has 1 aliphatic carbocycles. The van der Waals surface area contributed by atoms with Gasteiger partial charge in [0, 0.05) is 52.1 Å². The lowest BCUT2D eigenvalue weighted by atomic mass is 9.84. The van der Waals surface area contributed by atoms with Gasteiger partial charge in [0.25, 0.3) is 5.91 Å². The van der Waals surface area contributed by atoms with Gasteiger partial charge < -0.3 is 19.5 Å². The number of sulfonamides is 1. The van der Waals surface area contributed by atoms with Crippen molar-refractivity contribution in [2.75, 3.05) is 38.0 Å². The van der Waals surface area contributed by atoms with E-state index in [1.54, 1.807) is 13.2 Å². The molecule has 9 nitrogen and oxygen atoms in total.